The predicted octanol–water partition coefficient (Wildman–Crippen LogP) is 2.03. The molecule has 0 spiro atoms. The quantitative estimate of drug-likeness (QED) is 0.840. The van der Waals surface area contributed by atoms with Crippen LogP contribution in [0.4, 0.5) is 0 Å². The fraction of sp³-hybridized carbons (Fsp3) is 0.500. The Morgan fingerprint density at radius 2 is 2.41 bits per heavy atom. The average molecular weight is 255 g/mol. The number of ether oxygens (including phenoxy) is 1. The van der Waals surface area contributed by atoms with Gasteiger partial charge in [-0.1, -0.05) is 11.6 Å². The number of aromatic nitrogens is 1. The molecule has 0 radical (unpaired) electrons. The van der Waals surface area contributed by atoms with Gasteiger partial charge in [0.05, 0.1) is 11.7 Å². The Kier molecular flexibility index (Phi) is 3.97. The molecule has 1 saturated carbocycles. The molecule has 1 fully saturated rings. The average Bonchev–Trinajstić information content (AvgIpc) is 2.77. The summed E-state index contributed by atoms with van der Waals surface area (Å²) in [6.45, 7) is 0. The summed E-state index contributed by atoms with van der Waals surface area (Å²) in [6, 6.07) is 3.55. The van der Waals surface area contributed by atoms with Crippen LogP contribution in [0, 0.1) is 0 Å². The highest BCUT2D eigenvalue weighted by molar-refractivity contribution is 6.32. The zero-order valence-corrected chi connectivity index (χ0v) is 10.4. The molecule has 0 aliphatic heterocycles. The number of carbonyl (C=O) groups is 1. The summed E-state index contributed by atoms with van der Waals surface area (Å²) in [5.74, 6) is -0.162. The molecule has 5 heteroatoms. The molecule has 1 aromatic heterocycles. The van der Waals surface area contributed by atoms with Crippen molar-refractivity contribution in [2.24, 2.45) is 0 Å². The molecule has 0 saturated heterocycles. The van der Waals surface area contributed by atoms with Crippen LogP contribution < -0.4 is 5.32 Å². The number of halogens is 1. The maximum absolute atomic E-state index is 11.9. The molecule has 2 atom stereocenters. The van der Waals surface area contributed by atoms with Crippen molar-refractivity contribution in [1.82, 2.24) is 10.3 Å². The summed E-state index contributed by atoms with van der Waals surface area (Å²) in [5.41, 5.74) is 0.426. The second-order valence-electron chi connectivity index (χ2n) is 4.18. The zero-order chi connectivity index (χ0) is 12.3. The molecule has 2 unspecified atom stereocenters. The molecule has 0 aromatic carbocycles. The molecule has 92 valence electrons. The summed E-state index contributed by atoms with van der Waals surface area (Å²) in [5, 5.41) is 3.20. The highest BCUT2D eigenvalue weighted by atomic mass is 35.5. The van der Waals surface area contributed by atoms with E-state index in [0.29, 0.717) is 5.56 Å². The minimum atomic E-state index is -0.162. The molecule has 0 bridgehead atoms. The van der Waals surface area contributed by atoms with Gasteiger partial charge in [-0.15, -0.1) is 0 Å². The van der Waals surface area contributed by atoms with Crippen LogP contribution in [0.1, 0.15) is 29.6 Å². The van der Waals surface area contributed by atoms with Gasteiger partial charge in [-0.25, -0.2) is 4.98 Å². The van der Waals surface area contributed by atoms with E-state index in [1.807, 2.05) is 0 Å². The SMILES string of the molecule is COC1CCC(NC(=O)c2cccnc2Cl)C1. The van der Waals surface area contributed by atoms with E-state index >= 15 is 0 Å². The third-order valence-electron chi connectivity index (χ3n) is 3.06. The highest BCUT2D eigenvalue weighted by Crippen LogP contribution is 2.22. The Labute approximate surface area is 105 Å². The predicted molar refractivity (Wildman–Crippen MR) is 65.1 cm³/mol. The van der Waals surface area contributed by atoms with Gasteiger partial charge in [0, 0.05) is 19.3 Å². The van der Waals surface area contributed by atoms with E-state index in [-0.39, 0.29) is 23.2 Å². The minimum absolute atomic E-state index is 0.162. The zero-order valence-electron chi connectivity index (χ0n) is 9.65. The van der Waals surface area contributed by atoms with Gasteiger partial charge in [-0.05, 0) is 31.4 Å². The van der Waals surface area contributed by atoms with Crippen LogP contribution in [-0.4, -0.2) is 30.1 Å². The molecule has 17 heavy (non-hydrogen) atoms. The van der Waals surface area contributed by atoms with E-state index in [2.05, 4.69) is 10.3 Å². The van der Waals surface area contributed by atoms with Crippen molar-refractivity contribution in [3.63, 3.8) is 0 Å². The number of nitrogens with one attached hydrogen (secondary N) is 1. The summed E-state index contributed by atoms with van der Waals surface area (Å²) in [4.78, 5) is 15.8. The van der Waals surface area contributed by atoms with Crippen molar-refractivity contribution in [3.8, 4) is 0 Å². The lowest BCUT2D eigenvalue weighted by Gasteiger charge is -2.13. The lowest BCUT2D eigenvalue weighted by Crippen LogP contribution is -2.33. The summed E-state index contributed by atoms with van der Waals surface area (Å²) < 4.78 is 5.26. The third kappa shape index (κ3) is 2.96. The van der Waals surface area contributed by atoms with E-state index in [1.54, 1.807) is 25.4 Å². The summed E-state index contributed by atoms with van der Waals surface area (Å²) in [6.07, 6.45) is 4.62. The van der Waals surface area contributed by atoms with Crippen LogP contribution in [0.25, 0.3) is 0 Å². The molecular weight excluding hydrogens is 240 g/mol. The molecule has 1 aliphatic rings. The van der Waals surface area contributed by atoms with Gasteiger partial charge < -0.3 is 10.1 Å². The molecule has 1 amide bonds. The van der Waals surface area contributed by atoms with Gasteiger partial charge in [0.15, 0.2) is 0 Å². The lowest BCUT2D eigenvalue weighted by molar-refractivity contribution is 0.0915. The van der Waals surface area contributed by atoms with Crippen molar-refractivity contribution >= 4 is 17.5 Å². The number of rotatable bonds is 3. The van der Waals surface area contributed by atoms with Crippen molar-refractivity contribution in [2.75, 3.05) is 7.11 Å². The first-order chi connectivity index (χ1) is 8.20. The Hall–Kier alpha value is -1.13. The molecule has 2 rings (SSSR count). The summed E-state index contributed by atoms with van der Waals surface area (Å²) in [7, 11) is 1.70. The second kappa shape index (κ2) is 5.47. The van der Waals surface area contributed by atoms with Crippen LogP contribution in [0.3, 0.4) is 0 Å². The standard InChI is InChI=1S/C12H15ClN2O2/c1-17-9-5-4-8(7-9)15-12(16)10-3-2-6-14-11(10)13/h2-3,6,8-9H,4-5,7H2,1H3,(H,15,16). The van der Waals surface area contributed by atoms with Crippen molar-refractivity contribution in [3.05, 3.63) is 29.0 Å². The number of pyridine rings is 1. The number of hydrogen-bond acceptors (Lipinski definition) is 3. The Morgan fingerprint density at radius 1 is 1.59 bits per heavy atom. The normalized spacial score (nSPS) is 23.6. The number of hydrogen-bond donors (Lipinski definition) is 1. The number of carbonyl (C=O) groups excluding carboxylic acids is 1. The first-order valence-electron chi connectivity index (χ1n) is 5.65. The Morgan fingerprint density at radius 3 is 3.06 bits per heavy atom. The van der Waals surface area contributed by atoms with E-state index in [0.717, 1.165) is 19.3 Å². The van der Waals surface area contributed by atoms with Crippen molar-refractivity contribution in [1.29, 1.82) is 0 Å². The molecule has 1 aromatic rings. The van der Waals surface area contributed by atoms with E-state index in [9.17, 15) is 4.79 Å². The van der Waals surface area contributed by atoms with Crippen LogP contribution in [0.2, 0.25) is 5.15 Å². The topological polar surface area (TPSA) is 51.2 Å². The highest BCUT2D eigenvalue weighted by Gasteiger charge is 2.26. The van der Waals surface area contributed by atoms with E-state index < -0.39 is 0 Å². The smallest absolute Gasteiger partial charge is 0.254 e. The maximum atomic E-state index is 11.9. The van der Waals surface area contributed by atoms with Gasteiger partial charge in [0.25, 0.3) is 5.91 Å². The maximum Gasteiger partial charge on any atom is 0.254 e. The Balaban J connectivity index is 1.96. The molecule has 1 aliphatic carbocycles. The fourth-order valence-electron chi connectivity index (χ4n) is 2.10. The van der Waals surface area contributed by atoms with Gasteiger partial charge in [0.2, 0.25) is 0 Å². The minimum Gasteiger partial charge on any atom is -0.381 e. The van der Waals surface area contributed by atoms with Crippen molar-refractivity contribution in [2.45, 2.75) is 31.4 Å². The van der Waals surface area contributed by atoms with Gasteiger partial charge >= 0.3 is 0 Å². The number of amides is 1. The van der Waals surface area contributed by atoms with Gasteiger partial charge in [-0.3, -0.25) is 4.79 Å². The Bertz CT molecular complexity index is 411. The third-order valence-corrected chi connectivity index (χ3v) is 3.36. The fourth-order valence-corrected chi connectivity index (χ4v) is 2.31. The lowest BCUT2D eigenvalue weighted by atomic mass is 10.2. The van der Waals surface area contributed by atoms with Crippen molar-refractivity contribution < 1.29 is 9.53 Å². The van der Waals surface area contributed by atoms with Crippen LogP contribution in [-0.2, 0) is 4.74 Å². The summed E-state index contributed by atoms with van der Waals surface area (Å²) >= 11 is 5.86. The molecule has 4 nitrogen and oxygen atoms in total. The van der Waals surface area contributed by atoms with Crippen LogP contribution >= 0.6 is 11.6 Å². The van der Waals surface area contributed by atoms with E-state index in [1.165, 1.54) is 0 Å². The number of nitrogens with zero attached hydrogens (tertiary/aromatic N) is 1. The second-order valence-corrected chi connectivity index (χ2v) is 4.54. The monoisotopic (exact) mass is 254 g/mol. The van der Waals surface area contributed by atoms with Crippen LogP contribution in [0.5, 0.6) is 0 Å². The molecular formula is C12H15ClN2O2. The van der Waals surface area contributed by atoms with E-state index in [4.69, 9.17) is 16.3 Å². The van der Waals surface area contributed by atoms with Crippen LogP contribution in [0.15, 0.2) is 18.3 Å². The van der Waals surface area contributed by atoms with Gasteiger partial charge in [-0.2, -0.15) is 0 Å². The molecule has 1 heterocycles. The largest absolute Gasteiger partial charge is 0.381 e. The first kappa shape index (κ1) is 12.3. The first-order valence-corrected chi connectivity index (χ1v) is 6.02. The number of methoxy groups -OCH3 is 1. The molecule has 1 N–H and O–H groups in total. The van der Waals surface area contributed by atoms with Gasteiger partial charge in [0.1, 0.15) is 5.15 Å².